The average Bonchev–Trinajstić information content (AvgIpc) is 3.36. The number of halogens is 2. The summed E-state index contributed by atoms with van der Waals surface area (Å²) in [5, 5.41) is 17.9. The Balaban J connectivity index is 1.67. The van der Waals surface area contributed by atoms with Crippen LogP contribution in [0.5, 0.6) is 0 Å². The summed E-state index contributed by atoms with van der Waals surface area (Å²) in [5.41, 5.74) is 3.33. The number of nitriles is 1. The zero-order chi connectivity index (χ0) is 22.2. The van der Waals surface area contributed by atoms with Crippen LogP contribution in [0.2, 0.25) is 10.0 Å². The fourth-order valence-electron chi connectivity index (χ4n) is 3.62. The molecule has 0 unspecified atom stereocenters. The number of rotatable bonds is 6. The van der Waals surface area contributed by atoms with Gasteiger partial charge in [-0.2, -0.15) is 10.4 Å². The van der Waals surface area contributed by atoms with E-state index in [0.717, 1.165) is 28.2 Å². The minimum absolute atomic E-state index is 0.175. The summed E-state index contributed by atoms with van der Waals surface area (Å²) in [4.78, 5) is 22.4. The highest BCUT2D eigenvalue weighted by Crippen LogP contribution is 2.48. The smallest absolute Gasteiger partial charge is 0.166 e. The first-order chi connectivity index (χ1) is 15.5. The third-order valence-electron chi connectivity index (χ3n) is 5.32. The minimum Gasteiger partial charge on any atom is -0.299 e. The van der Waals surface area contributed by atoms with Crippen molar-refractivity contribution in [3.63, 3.8) is 0 Å². The highest BCUT2D eigenvalue weighted by Gasteiger charge is 2.30. The lowest BCUT2D eigenvalue weighted by Crippen LogP contribution is -2.06. The molecule has 6 nitrogen and oxygen atoms in total. The number of aromatic nitrogens is 4. The number of nitrogens with zero attached hydrogens (tertiary/aromatic N) is 4. The zero-order valence-corrected chi connectivity index (χ0v) is 18.9. The summed E-state index contributed by atoms with van der Waals surface area (Å²) in [6, 6.07) is 11.2. The van der Waals surface area contributed by atoms with Gasteiger partial charge in [0.2, 0.25) is 0 Å². The molecule has 0 bridgehead atoms. The van der Waals surface area contributed by atoms with Gasteiger partial charge in [-0.05, 0) is 42.7 Å². The molecule has 32 heavy (non-hydrogen) atoms. The number of hydrogen-bond acceptors (Lipinski definition) is 6. The summed E-state index contributed by atoms with van der Waals surface area (Å²) >= 11 is 14.0. The number of ketones is 1. The zero-order valence-electron chi connectivity index (χ0n) is 16.6. The number of nitrogens with one attached hydrogen (secondary N) is 1. The van der Waals surface area contributed by atoms with Crippen LogP contribution in [-0.2, 0) is 11.2 Å². The van der Waals surface area contributed by atoms with Gasteiger partial charge in [0, 0.05) is 45.4 Å². The summed E-state index contributed by atoms with van der Waals surface area (Å²) < 4.78 is 0. The van der Waals surface area contributed by atoms with Gasteiger partial charge in [0.1, 0.15) is 18.2 Å². The molecular formula is C23H15Cl2N5OS. The van der Waals surface area contributed by atoms with E-state index in [0.29, 0.717) is 44.7 Å². The van der Waals surface area contributed by atoms with Crippen LogP contribution in [-0.4, -0.2) is 25.9 Å². The van der Waals surface area contributed by atoms with Crippen LogP contribution in [0.15, 0.2) is 42.9 Å². The molecule has 0 saturated heterocycles. The van der Waals surface area contributed by atoms with Gasteiger partial charge in [0.25, 0.3) is 0 Å². The van der Waals surface area contributed by atoms with Gasteiger partial charge in [0.15, 0.2) is 5.82 Å². The van der Waals surface area contributed by atoms with E-state index in [-0.39, 0.29) is 11.7 Å². The molecular weight excluding hydrogens is 465 g/mol. The van der Waals surface area contributed by atoms with E-state index >= 15 is 0 Å². The van der Waals surface area contributed by atoms with Gasteiger partial charge in [0.05, 0.1) is 15.3 Å². The molecule has 1 N–H and O–H groups in total. The molecule has 1 aliphatic rings. The summed E-state index contributed by atoms with van der Waals surface area (Å²) in [7, 11) is 0. The van der Waals surface area contributed by atoms with Gasteiger partial charge < -0.3 is 0 Å². The maximum Gasteiger partial charge on any atom is 0.166 e. The Morgan fingerprint density at radius 2 is 2.03 bits per heavy atom. The SMILES string of the molecule is N#Cc1c(-c2ccnc(CC(=O)C3CC3)c2)sc(-c2ncn[nH]2)c1-c1ccc(Cl)cc1Cl. The molecule has 0 atom stereocenters. The molecule has 1 aliphatic carbocycles. The molecule has 0 aliphatic heterocycles. The second-order valence-electron chi connectivity index (χ2n) is 7.53. The Kier molecular flexibility index (Phi) is 5.51. The van der Waals surface area contributed by atoms with Gasteiger partial charge in [-0.3, -0.25) is 14.9 Å². The number of thiophene rings is 1. The number of pyridine rings is 1. The van der Waals surface area contributed by atoms with E-state index in [1.807, 2.05) is 12.1 Å². The first-order valence-corrected chi connectivity index (χ1v) is 11.5. The molecule has 0 radical (unpaired) electrons. The highest BCUT2D eigenvalue weighted by atomic mass is 35.5. The van der Waals surface area contributed by atoms with Crippen molar-refractivity contribution in [1.82, 2.24) is 20.2 Å². The van der Waals surface area contributed by atoms with E-state index in [1.165, 1.54) is 17.7 Å². The molecule has 5 rings (SSSR count). The van der Waals surface area contributed by atoms with Crippen molar-refractivity contribution in [3.8, 4) is 38.3 Å². The maximum atomic E-state index is 12.3. The third-order valence-corrected chi connectivity index (χ3v) is 7.11. The maximum absolute atomic E-state index is 12.3. The number of hydrogen-bond donors (Lipinski definition) is 1. The van der Waals surface area contributed by atoms with Gasteiger partial charge in [-0.25, -0.2) is 4.98 Å². The fourth-order valence-corrected chi connectivity index (χ4v) is 5.33. The number of H-pyrrole nitrogens is 1. The fraction of sp³-hybridized carbons (Fsp3) is 0.174. The van der Waals surface area contributed by atoms with E-state index in [1.54, 1.807) is 24.4 Å². The van der Waals surface area contributed by atoms with Crippen molar-refractivity contribution in [1.29, 1.82) is 5.26 Å². The second-order valence-corrected chi connectivity index (χ2v) is 9.40. The Morgan fingerprint density at radius 3 is 2.72 bits per heavy atom. The number of Topliss-reactive ketones (excluding diaryl/α,β-unsaturated/α-hetero) is 1. The third kappa shape index (κ3) is 3.93. The number of benzene rings is 1. The lowest BCUT2D eigenvalue weighted by Gasteiger charge is -2.07. The molecule has 3 heterocycles. The van der Waals surface area contributed by atoms with E-state index in [9.17, 15) is 10.1 Å². The molecule has 158 valence electrons. The van der Waals surface area contributed by atoms with Crippen LogP contribution in [0.1, 0.15) is 24.1 Å². The van der Waals surface area contributed by atoms with Crippen LogP contribution < -0.4 is 0 Å². The molecule has 9 heteroatoms. The number of aromatic amines is 1. The van der Waals surface area contributed by atoms with Gasteiger partial charge >= 0.3 is 0 Å². The number of carbonyl (C=O) groups is 1. The Hall–Kier alpha value is -3.05. The highest BCUT2D eigenvalue weighted by molar-refractivity contribution is 7.19. The van der Waals surface area contributed by atoms with Crippen LogP contribution in [0, 0.1) is 17.2 Å². The van der Waals surface area contributed by atoms with Crippen molar-refractivity contribution in [2.24, 2.45) is 5.92 Å². The first kappa shape index (κ1) is 20.8. The van der Waals surface area contributed by atoms with Crippen LogP contribution in [0.25, 0.3) is 32.3 Å². The van der Waals surface area contributed by atoms with E-state index < -0.39 is 0 Å². The van der Waals surface area contributed by atoms with E-state index in [2.05, 4.69) is 26.2 Å². The van der Waals surface area contributed by atoms with Crippen LogP contribution in [0.4, 0.5) is 0 Å². The predicted octanol–water partition coefficient (Wildman–Crippen LogP) is 5.96. The van der Waals surface area contributed by atoms with Crippen LogP contribution >= 0.6 is 34.5 Å². The summed E-state index contributed by atoms with van der Waals surface area (Å²) in [6.07, 6.45) is 5.33. The summed E-state index contributed by atoms with van der Waals surface area (Å²) in [5.74, 6) is 0.933. The molecule has 0 spiro atoms. The van der Waals surface area contributed by atoms with Crippen molar-refractivity contribution >= 4 is 40.3 Å². The first-order valence-electron chi connectivity index (χ1n) is 9.91. The monoisotopic (exact) mass is 479 g/mol. The second kappa shape index (κ2) is 8.47. The largest absolute Gasteiger partial charge is 0.299 e. The van der Waals surface area contributed by atoms with Crippen molar-refractivity contribution < 1.29 is 4.79 Å². The van der Waals surface area contributed by atoms with Crippen molar-refractivity contribution in [2.45, 2.75) is 19.3 Å². The quantitative estimate of drug-likeness (QED) is 0.367. The van der Waals surface area contributed by atoms with E-state index in [4.69, 9.17) is 23.2 Å². The van der Waals surface area contributed by atoms with Crippen LogP contribution in [0.3, 0.4) is 0 Å². The molecule has 1 aromatic carbocycles. The predicted molar refractivity (Wildman–Crippen MR) is 125 cm³/mol. The number of carbonyl (C=O) groups excluding carboxylic acids is 1. The molecule has 1 saturated carbocycles. The molecule has 1 fully saturated rings. The lowest BCUT2D eigenvalue weighted by molar-refractivity contribution is -0.119. The summed E-state index contributed by atoms with van der Waals surface area (Å²) in [6.45, 7) is 0. The average molecular weight is 480 g/mol. The molecule has 4 aromatic rings. The topological polar surface area (TPSA) is 95.3 Å². The minimum atomic E-state index is 0.175. The van der Waals surface area contributed by atoms with Crippen molar-refractivity contribution in [3.05, 3.63) is 64.2 Å². The molecule has 3 aromatic heterocycles. The Bertz CT molecular complexity index is 1370. The van der Waals surface area contributed by atoms with Crippen molar-refractivity contribution in [2.75, 3.05) is 0 Å². The van der Waals surface area contributed by atoms with Gasteiger partial charge in [-0.15, -0.1) is 11.3 Å². The Morgan fingerprint density at radius 1 is 1.19 bits per heavy atom. The Labute approximate surface area is 197 Å². The molecule has 0 amide bonds. The lowest BCUT2D eigenvalue weighted by atomic mass is 9.98. The normalized spacial score (nSPS) is 13.2. The van der Waals surface area contributed by atoms with Gasteiger partial charge in [-0.1, -0.05) is 29.3 Å². The standard InChI is InChI=1S/C23H15Cl2N5OS/c24-14-3-4-16(18(25)8-14)20-17(10-26)21(32-22(20)23-28-11-29-30-23)13-5-6-27-15(7-13)9-19(31)12-1-2-12/h3-8,11-12H,1-2,9H2,(H,28,29,30).